The van der Waals surface area contributed by atoms with Crippen LogP contribution in [-0.4, -0.2) is 31.6 Å². The molecule has 0 aromatic heterocycles. The topological polar surface area (TPSA) is 12.5 Å². The fourth-order valence-corrected chi connectivity index (χ4v) is 1.17. The van der Waals surface area contributed by atoms with E-state index in [2.05, 4.69) is 32.7 Å². The number of rotatable bonds is 7. The van der Waals surface area contributed by atoms with Crippen LogP contribution in [0.1, 0.15) is 33.6 Å². The van der Waals surface area contributed by atoms with Crippen molar-refractivity contribution in [3.05, 3.63) is 0 Å². The number of halogens is 1. The molecule has 0 bridgehead atoms. The van der Waals surface area contributed by atoms with Crippen LogP contribution in [0.2, 0.25) is 0 Å². The van der Waals surface area contributed by atoms with Gasteiger partial charge in [-0.2, -0.15) is 0 Å². The van der Waals surface area contributed by atoms with Crippen molar-refractivity contribution in [1.29, 1.82) is 0 Å². The highest BCUT2D eigenvalue weighted by atomic mass is 127. The van der Waals surface area contributed by atoms with Crippen molar-refractivity contribution >= 4 is 23.0 Å². The third kappa shape index (κ3) is 7.70. The summed E-state index contributed by atoms with van der Waals surface area (Å²) >= 11 is 1.95. The molecule has 0 unspecified atom stereocenters. The van der Waals surface area contributed by atoms with Crippen LogP contribution in [0.5, 0.6) is 0 Å². The molecular formula is C10H22INO. The molecule has 0 saturated carbocycles. The number of hydrogen-bond acceptors (Lipinski definition) is 2. The van der Waals surface area contributed by atoms with Gasteiger partial charge in [-0.15, -0.1) is 0 Å². The highest BCUT2D eigenvalue weighted by Crippen LogP contribution is 2.24. The summed E-state index contributed by atoms with van der Waals surface area (Å²) in [5, 5.41) is 0. The fourth-order valence-electron chi connectivity index (χ4n) is 0.972. The summed E-state index contributed by atoms with van der Waals surface area (Å²) < 4.78 is 5.00. The summed E-state index contributed by atoms with van der Waals surface area (Å²) in [6.45, 7) is 9.94. The second-order valence-electron chi connectivity index (χ2n) is 4.38. The van der Waals surface area contributed by atoms with E-state index in [1.54, 1.807) is 0 Å². The van der Waals surface area contributed by atoms with Crippen LogP contribution in [0.15, 0.2) is 0 Å². The summed E-state index contributed by atoms with van der Waals surface area (Å²) in [5.74, 6) is 0. The minimum Gasteiger partial charge on any atom is -0.314 e. The van der Waals surface area contributed by atoms with Crippen molar-refractivity contribution in [2.24, 2.45) is 5.41 Å². The van der Waals surface area contributed by atoms with Crippen LogP contribution in [0.3, 0.4) is 0 Å². The Morgan fingerprint density at radius 3 is 2.38 bits per heavy atom. The molecule has 0 fully saturated rings. The average molecular weight is 299 g/mol. The molecule has 0 rings (SSSR count). The lowest BCUT2D eigenvalue weighted by atomic mass is 9.86. The fraction of sp³-hybridized carbons (Fsp3) is 1.00. The molecular weight excluding hydrogens is 277 g/mol. The Hall–Kier alpha value is 0.650. The minimum absolute atomic E-state index is 0.486. The van der Waals surface area contributed by atoms with Crippen molar-refractivity contribution in [2.75, 3.05) is 26.7 Å². The Bertz CT molecular complexity index is 128. The van der Waals surface area contributed by atoms with Gasteiger partial charge < -0.3 is 7.97 Å². The third-order valence-corrected chi connectivity index (χ3v) is 3.12. The Morgan fingerprint density at radius 2 is 1.92 bits per heavy atom. The maximum atomic E-state index is 5.00. The summed E-state index contributed by atoms with van der Waals surface area (Å²) in [6, 6.07) is 0. The van der Waals surface area contributed by atoms with Gasteiger partial charge in [0, 0.05) is 6.54 Å². The van der Waals surface area contributed by atoms with Crippen molar-refractivity contribution in [2.45, 2.75) is 33.6 Å². The quantitative estimate of drug-likeness (QED) is 0.670. The summed E-state index contributed by atoms with van der Waals surface area (Å²) in [4.78, 5) is 2.33. The van der Waals surface area contributed by atoms with Gasteiger partial charge in [0.15, 0.2) is 0 Å². The van der Waals surface area contributed by atoms with Gasteiger partial charge in [0.25, 0.3) is 0 Å². The number of hydrogen-bond donors (Lipinski definition) is 0. The highest BCUT2D eigenvalue weighted by molar-refractivity contribution is 14.1. The molecule has 0 radical (unpaired) electrons. The van der Waals surface area contributed by atoms with E-state index in [4.69, 9.17) is 3.07 Å². The highest BCUT2D eigenvalue weighted by Gasteiger charge is 2.15. The molecule has 0 aromatic rings. The van der Waals surface area contributed by atoms with E-state index in [0.29, 0.717) is 5.41 Å². The summed E-state index contributed by atoms with van der Waals surface area (Å²) in [5.41, 5.74) is 0.486. The first kappa shape index (κ1) is 13.7. The van der Waals surface area contributed by atoms with Crippen LogP contribution in [0.25, 0.3) is 0 Å². The van der Waals surface area contributed by atoms with Crippen molar-refractivity contribution in [3.8, 4) is 0 Å². The first-order valence-corrected chi connectivity index (χ1v) is 5.82. The molecule has 0 aliphatic carbocycles. The van der Waals surface area contributed by atoms with E-state index in [1.165, 1.54) is 19.4 Å². The lowest BCUT2D eigenvalue weighted by Gasteiger charge is -2.25. The van der Waals surface area contributed by atoms with Crippen molar-refractivity contribution < 1.29 is 3.07 Å². The van der Waals surface area contributed by atoms with Gasteiger partial charge in [-0.25, -0.2) is 0 Å². The van der Waals surface area contributed by atoms with Crippen molar-refractivity contribution in [1.82, 2.24) is 4.90 Å². The molecule has 0 N–H and O–H groups in total. The zero-order valence-corrected chi connectivity index (χ0v) is 11.4. The Kier molecular flexibility index (Phi) is 7.36. The van der Waals surface area contributed by atoms with Crippen molar-refractivity contribution in [3.63, 3.8) is 0 Å². The van der Waals surface area contributed by atoms with E-state index in [0.717, 1.165) is 13.2 Å². The second-order valence-corrected chi connectivity index (χ2v) is 5.01. The van der Waals surface area contributed by atoms with Gasteiger partial charge in [-0.05, 0) is 25.4 Å². The SMILES string of the molecule is CCC(C)(C)CCN(C)CCOI. The molecule has 0 aliphatic heterocycles. The molecule has 0 aliphatic rings. The Labute approximate surface area is 96.7 Å². The third-order valence-electron chi connectivity index (χ3n) is 2.68. The predicted octanol–water partition coefficient (Wildman–Crippen LogP) is 3.11. The van der Waals surface area contributed by atoms with Crippen LogP contribution in [0.4, 0.5) is 0 Å². The van der Waals surface area contributed by atoms with Gasteiger partial charge >= 0.3 is 0 Å². The van der Waals surface area contributed by atoms with Crippen LogP contribution in [0, 0.1) is 5.41 Å². The predicted molar refractivity (Wildman–Crippen MR) is 66.2 cm³/mol. The monoisotopic (exact) mass is 299 g/mol. The van der Waals surface area contributed by atoms with E-state index in [9.17, 15) is 0 Å². The maximum Gasteiger partial charge on any atom is 0.109 e. The van der Waals surface area contributed by atoms with Crippen LogP contribution in [-0.2, 0) is 3.07 Å². The minimum atomic E-state index is 0.486. The van der Waals surface area contributed by atoms with E-state index < -0.39 is 0 Å². The lowest BCUT2D eigenvalue weighted by molar-refractivity contribution is 0.223. The van der Waals surface area contributed by atoms with E-state index in [1.807, 2.05) is 23.0 Å². The summed E-state index contributed by atoms with van der Waals surface area (Å²) in [6.07, 6.45) is 2.52. The smallest absolute Gasteiger partial charge is 0.109 e. The van der Waals surface area contributed by atoms with E-state index >= 15 is 0 Å². The maximum absolute atomic E-state index is 5.00. The Balaban J connectivity index is 3.51. The first-order chi connectivity index (χ1) is 6.02. The molecule has 13 heavy (non-hydrogen) atoms. The van der Waals surface area contributed by atoms with Crippen LogP contribution < -0.4 is 0 Å². The van der Waals surface area contributed by atoms with Gasteiger partial charge in [-0.3, -0.25) is 0 Å². The number of likely N-dealkylation sites (N-methyl/N-ethyl adjacent to an activating group) is 1. The van der Waals surface area contributed by atoms with E-state index in [-0.39, 0.29) is 0 Å². The molecule has 3 heteroatoms. The first-order valence-electron chi connectivity index (χ1n) is 4.94. The van der Waals surface area contributed by atoms with Gasteiger partial charge in [0.05, 0.1) is 6.61 Å². The van der Waals surface area contributed by atoms with Gasteiger partial charge in [-0.1, -0.05) is 27.2 Å². The zero-order chi connectivity index (χ0) is 10.3. The lowest BCUT2D eigenvalue weighted by Crippen LogP contribution is -2.27. The second kappa shape index (κ2) is 7.01. The van der Waals surface area contributed by atoms with Gasteiger partial charge in [0.2, 0.25) is 0 Å². The molecule has 0 atom stereocenters. The number of nitrogens with zero attached hydrogens (tertiary/aromatic N) is 1. The average Bonchev–Trinajstić information content (AvgIpc) is 2.11. The zero-order valence-electron chi connectivity index (χ0n) is 9.27. The molecule has 0 heterocycles. The Morgan fingerprint density at radius 1 is 1.31 bits per heavy atom. The molecule has 0 saturated heterocycles. The molecule has 2 nitrogen and oxygen atoms in total. The van der Waals surface area contributed by atoms with Crippen LogP contribution >= 0.6 is 23.0 Å². The van der Waals surface area contributed by atoms with Gasteiger partial charge in [0.1, 0.15) is 23.0 Å². The molecule has 0 aromatic carbocycles. The molecule has 80 valence electrons. The largest absolute Gasteiger partial charge is 0.314 e. The summed E-state index contributed by atoms with van der Waals surface area (Å²) in [7, 11) is 2.15. The normalized spacial score (nSPS) is 12.5. The molecule has 0 spiro atoms. The standard InChI is InChI=1S/C10H22INO/c1-5-10(2,3)6-7-12(4)8-9-13-11/h5-9H2,1-4H3. The molecule has 0 amide bonds.